The van der Waals surface area contributed by atoms with E-state index >= 15 is 0 Å². The van der Waals surface area contributed by atoms with Crippen molar-refractivity contribution in [1.29, 1.82) is 0 Å². The number of carbonyl (C=O) groups is 1. The van der Waals surface area contributed by atoms with Crippen molar-refractivity contribution >= 4 is 33.1 Å². The van der Waals surface area contributed by atoms with E-state index in [4.69, 9.17) is 16.3 Å². The average Bonchev–Trinajstić information content (AvgIpc) is 2.68. The number of nitrogens with one attached hydrogen (secondary N) is 1. The van der Waals surface area contributed by atoms with Crippen LogP contribution in [0.15, 0.2) is 77.7 Å². The van der Waals surface area contributed by atoms with Gasteiger partial charge in [-0.15, -0.1) is 0 Å². The van der Waals surface area contributed by atoms with Gasteiger partial charge < -0.3 is 4.74 Å². The molecule has 0 fully saturated rings. The summed E-state index contributed by atoms with van der Waals surface area (Å²) in [6, 6.07) is 19.4. The van der Waals surface area contributed by atoms with Crippen molar-refractivity contribution in [3.63, 3.8) is 0 Å². The summed E-state index contributed by atoms with van der Waals surface area (Å²) in [6.07, 6.45) is 0. The molecule has 0 spiro atoms. The second-order valence-corrected chi connectivity index (χ2v) is 7.73. The van der Waals surface area contributed by atoms with E-state index in [1.165, 1.54) is 31.4 Å². The Morgan fingerprint density at radius 2 is 1.63 bits per heavy atom. The van der Waals surface area contributed by atoms with Crippen molar-refractivity contribution in [3.8, 4) is 5.75 Å². The number of hydrogen-bond donors (Lipinski definition) is 1. The van der Waals surface area contributed by atoms with E-state index in [-0.39, 0.29) is 32.7 Å². The molecule has 0 atom stereocenters. The highest BCUT2D eigenvalue weighted by Gasteiger charge is 2.23. The van der Waals surface area contributed by atoms with Crippen LogP contribution in [0, 0.1) is 0 Å². The quantitative estimate of drug-likeness (QED) is 0.622. The summed E-state index contributed by atoms with van der Waals surface area (Å²) in [4.78, 5) is 12.7. The Bertz CT molecular complexity index is 1080. The lowest BCUT2D eigenvalue weighted by Gasteiger charge is -2.14. The lowest BCUT2D eigenvalue weighted by atomic mass is 10.0. The summed E-state index contributed by atoms with van der Waals surface area (Å²) in [6.45, 7) is 0. The van der Waals surface area contributed by atoms with Gasteiger partial charge in [0.25, 0.3) is 10.0 Å². The Morgan fingerprint density at radius 3 is 2.33 bits per heavy atom. The Hall–Kier alpha value is -2.83. The van der Waals surface area contributed by atoms with Crippen molar-refractivity contribution in [2.75, 3.05) is 11.8 Å². The van der Waals surface area contributed by atoms with Crippen molar-refractivity contribution in [2.24, 2.45) is 0 Å². The topological polar surface area (TPSA) is 72.5 Å². The lowest BCUT2D eigenvalue weighted by molar-refractivity contribution is 0.103. The van der Waals surface area contributed by atoms with Crippen LogP contribution in [0.1, 0.15) is 15.9 Å². The normalized spacial score (nSPS) is 11.0. The smallest absolute Gasteiger partial charge is 0.265 e. The van der Waals surface area contributed by atoms with Gasteiger partial charge in [-0.1, -0.05) is 54.1 Å². The van der Waals surface area contributed by atoms with Gasteiger partial charge in [0.05, 0.1) is 12.8 Å². The molecule has 0 aliphatic heterocycles. The summed E-state index contributed by atoms with van der Waals surface area (Å²) in [5.41, 5.74) is 0.881. The number of sulfonamides is 1. The number of carbonyl (C=O) groups excluding carboxylic acids is 1. The van der Waals surface area contributed by atoms with Crippen LogP contribution in [0.3, 0.4) is 0 Å². The maximum atomic E-state index is 12.9. The zero-order chi connectivity index (χ0) is 19.4. The molecule has 0 saturated heterocycles. The minimum atomic E-state index is -4.03. The van der Waals surface area contributed by atoms with Gasteiger partial charge in [0, 0.05) is 16.1 Å². The van der Waals surface area contributed by atoms with Crippen LogP contribution in [-0.2, 0) is 10.0 Å². The highest BCUT2D eigenvalue weighted by molar-refractivity contribution is 7.92. The third-order valence-electron chi connectivity index (χ3n) is 3.87. The molecule has 3 aromatic carbocycles. The molecule has 1 N–H and O–H groups in total. The molecule has 5 nitrogen and oxygen atoms in total. The van der Waals surface area contributed by atoms with Crippen molar-refractivity contribution < 1.29 is 17.9 Å². The second-order valence-electron chi connectivity index (χ2n) is 5.64. The second kappa shape index (κ2) is 7.82. The van der Waals surface area contributed by atoms with Crippen molar-refractivity contribution in [1.82, 2.24) is 0 Å². The van der Waals surface area contributed by atoms with E-state index in [0.717, 1.165) is 0 Å². The number of hydrogen-bond acceptors (Lipinski definition) is 4. The van der Waals surface area contributed by atoms with Crippen LogP contribution in [0.4, 0.5) is 5.69 Å². The third-order valence-corrected chi connectivity index (χ3v) is 5.49. The fourth-order valence-electron chi connectivity index (χ4n) is 2.58. The molecule has 0 heterocycles. The highest BCUT2D eigenvalue weighted by atomic mass is 35.5. The Morgan fingerprint density at radius 1 is 0.963 bits per heavy atom. The molecule has 0 aliphatic carbocycles. The SMILES string of the molecule is COc1ccc(Cl)cc1S(=O)(=O)Nc1ccccc1C(=O)c1ccccc1. The van der Waals surface area contributed by atoms with E-state index in [9.17, 15) is 13.2 Å². The molecule has 0 unspecified atom stereocenters. The van der Waals surface area contributed by atoms with E-state index in [1.54, 1.807) is 48.5 Å². The number of methoxy groups -OCH3 is 1. The van der Waals surface area contributed by atoms with Gasteiger partial charge in [0.2, 0.25) is 0 Å². The summed E-state index contributed by atoms with van der Waals surface area (Å²) < 4.78 is 33.4. The number of ketones is 1. The summed E-state index contributed by atoms with van der Waals surface area (Å²) in [5, 5.41) is 0.254. The molecular formula is C20H16ClNO4S. The highest BCUT2D eigenvalue weighted by Crippen LogP contribution is 2.30. The number of anilines is 1. The molecule has 0 bridgehead atoms. The first kappa shape index (κ1) is 18.9. The number of benzene rings is 3. The maximum absolute atomic E-state index is 12.9. The molecule has 0 saturated carbocycles. The Kier molecular flexibility index (Phi) is 5.48. The molecule has 138 valence electrons. The molecule has 0 aromatic heterocycles. The van der Waals surface area contributed by atoms with E-state index in [0.29, 0.717) is 5.56 Å². The first-order valence-electron chi connectivity index (χ1n) is 7.97. The molecule has 3 rings (SSSR count). The minimum absolute atomic E-state index is 0.112. The van der Waals surface area contributed by atoms with E-state index < -0.39 is 10.0 Å². The van der Waals surface area contributed by atoms with Crippen LogP contribution < -0.4 is 9.46 Å². The standard InChI is InChI=1S/C20H16ClNO4S/c1-26-18-12-11-15(21)13-19(18)27(24,25)22-17-10-6-5-9-16(17)20(23)14-7-3-2-4-8-14/h2-13,22H,1H3. The van der Waals surface area contributed by atoms with Crippen LogP contribution >= 0.6 is 11.6 Å². The Balaban J connectivity index is 2.02. The number of para-hydroxylation sites is 1. The fraction of sp³-hybridized carbons (Fsp3) is 0.0500. The molecule has 0 radical (unpaired) electrons. The van der Waals surface area contributed by atoms with Gasteiger partial charge in [-0.05, 0) is 30.3 Å². The predicted molar refractivity (Wildman–Crippen MR) is 105 cm³/mol. The van der Waals surface area contributed by atoms with Gasteiger partial charge in [0.15, 0.2) is 5.78 Å². The number of halogens is 1. The Labute approximate surface area is 162 Å². The van der Waals surface area contributed by atoms with Gasteiger partial charge in [0.1, 0.15) is 10.6 Å². The first-order valence-corrected chi connectivity index (χ1v) is 9.83. The molecule has 0 aliphatic rings. The number of ether oxygens (including phenoxy) is 1. The van der Waals surface area contributed by atoms with Gasteiger partial charge in [-0.2, -0.15) is 0 Å². The largest absolute Gasteiger partial charge is 0.495 e. The molecule has 0 amide bonds. The van der Waals surface area contributed by atoms with Crippen molar-refractivity contribution in [3.05, 3.63) is 88.9 Å². The minimum Gasteiger partial charge on any atom is -0.495 e. The summed E-state index contributed by atoms with van der Waals surface area (Å²) in [5.74, 6) is -0.134. The zero-order valence-electron chi connectivity index (χ0n) is 14.3. The molecular weight excluding hydrogens is 386 g/mol. The maximum Gasteiger partial charge on any atom is 0.265 e. The summed E-state index contributed by atoms with van der Waals surface area (Å²) >= 11 is 5.94. The molecule has 7 heteroatoms. The number of rotatable bonds is 6. The summed E-state index contributed by atoms with van der Waals surface area (Å²) in [7, 11) is -2.66. The van der Waals surface area contributed by atoms with Crippen LogP contribution in [0.5, 0.6) is 5.75 Å². The fourth-order valence-corrected chi connectivity index (χ4v) is 4.09. The molecule has 27 heavy (non-hydrogen) atoms. The van der Waals surface area contributed by atoms with Gasteiger partial charge in [-0.3, -0.25) is 9.52 Å². The third kappa shape index (κ3) is 4.13. The van der Waals surface area contributed by atoms with Crippen LogP contribution in [-0.4, -0.2) is 21.3 Å². The zero-order valence-corrected chi connectivity index (χ0v) is 15.9. The lowest BCUT2D eigenvalue weighted by Crippen LogP contribution is -2.16. The van der Waals surface area contributed by atoms with Crippen molar-refractivity contribution in [2.45, 2.75) is 4.90 Å². The first-order chi connectivity index (χ1) is 12.9. The molecule has 3 aromatic rings. The van der Waals surface area contributed by atoms with E-state index in [1.807, 2.05) is 0 Å². The van der Waals surface area contributed by atoms with Gasteiger partial charge >= 0.3 is 0 Å². The average molecular weight is 402 g/mol. The predicted octanol–water partition coefficient (Wildman–Crippen LogP) is 4.38. The van der Waals surface area contributed by atoms with E-state index in [2.05, 4.69) is 4.72 Å². The van der Waals surface area contributed by atoms with Gasteiger partial charge in [-0.25, -0.2) is 8.42 Å². The van der Waals surface area contributed by atoms with Crippen LogP contribution in [0.2, 0.25) is 5.02 Å². The van der Waals surface area contributed by atoms with Crippen LogP contribution in [0.25, 0.3) is 0 Å². The monoisotopic (exact) mass is 401 g/mol.